The number of benzene rings is 3. The molecule has 0 radical (unpaired) electrons. The minimum Gasteiger partial charge on any atom is -0.492 e. The van der Waals surface area contributed by atoms with Gasteiger partial charge in [0.2, 0.25) is 0 Å². The van der Waals surface area contributed by atoms with Crippen LogP contribution in [0.15, 0.2) is 71.6 Å². The van der Waals surface area contributed by atoms with E-state index in [1.165, 1.54) is 0 Å². The van der Waals surface area contributed by atoms with Crippen LogP contribution in [0.2, 0.25) is 0 Å². The Hall–Kier alpha value is -3.63. The summed E-state index contributed by atoms with van der Waals surface area (Å²) in [5, 5.41) is 0.903. The molecular formula is C27H28N4O4S2. The molecule has 0 unspecified atom stereocenters. The summed E-state index contributed by atoms with van der Waals surface area (Å²) in [4.78, 5) is 22.3. The highest BCUT2D eigenvalue weighted by molar-refractivity contribution is 7.92. The minimum absolute atomic E-state index is 0.150. The summed E-state index contributed by atoms with van der Waals surface area (Å²) in [6.45, 7) is 6.70. The van der Waals surface area contributed by atoms with Gasteiger partial charge in [0, 0.05) is 26.2 Å². The Morgan fingerprint density at radius 3 is 2.46 bits per heavy atom. The van der Waals surface area contributed by atoms with Crippen molar-refractivity contribution in [3.8, 4) is 5.75 Å². The smallest absolute Gasteiger partial charge is 0.261 e. The Balaban J connectivity index is 1.30. The maximum Gasteiger partial charge on any atom is 0.261 e. The molecule has 0 bridgehead atoms. The molecule has 0 spiro atoms. The summed E-state index contributed by atoms with van der Waals surface area (Å²) in [6.07, 6.45) is 0. The van der Waals surface area contributed by atoms with E-state index >= 15 is 0 Å². The second-order valence-corrected chi connectivity index (χ2v) is 11.5. The number of nitrogens with zero attached hydrogens (tertiary/aromatic N) is 3. The van der Waals surface area contributed by atoms with Crippen LogP contribution in [0.3, 0.4) is 0 Å². The van der Waals surface area contributed by atoms with Crippen molar-refractivity contribution in [3.05, 3.63) is 77.9 Å². The van der Waals surface area contributed by atoms with Crippen LogP contribution >= 0.6 is 11.3 Å². The van der Waals surface area contributed by atoms with Gasteiger partial charge in [0.1, 0.15) is 11.3 Å². The number of aromatic nitrogens is 1. The molecule has 1 fully saturated rings. The number of hydrogen-bond acceptors (Lipinski definition) is 7. The van der Waals surface area contributed by atoms with E-state index in [1.54, 1.807) is 64.8 Å². The number of ether oxygens (including phenoxy) is 1. The third-order valence-electron chi connectivity index (χ3n) is 6.24. The number of carbonyl (C=O) groups is 1. The lowest BCUT2D eigenvalue weighted by Gasteiger charge is -2.34. The maximum absolute atomic E-state index is 13.4. The first-order valence-electron chi connectivity index (χ1n) is 12.1. The summed E-state index contributed by atoms with van der Waals surface area (Å²) >= 11 is 1.61. The summed E-state index contributed by atoms with van der Waals surface area (Å²) < 4.78 is 35.3. The molecule has 5 rings (SSSR count). The molecule has 37 heavy (non-hydrogen) atoms. The number of hydrogen-bond donors (Lipinski definition) is 1. The maximum atomic E-state index is 13.4. The van der Waals surface area contributed by atoms with Gasteiger partial charge >= 0.3 is 0 Å². The Kier molecular flexibility index (Phi) is 7.03. The average molecular weight is 537 g/mol. The lowest BCUT2D eigenvalue weighted by atomic mass is 10.1. The van der Waals surface area contributed by atoms with E-state index in [0.717, 1.165) is 26.7 Å². The number of amides is 1. The quantitative estimate of drug-likeness (QED) is 0.366. The topological polar surface area (TPSA) is 91.8 Å². The second kappa shape index (κ2) is 10.4. The molecule has 1 aromatic heterocycles. The van der Waals surface area contributed by atoms with Gasteiger partial charge in [-0.15, -0.1) is 0 Å². The van der Waals surface area contributed by atoms with Crippen LogP contribution in [-0.2, 0) is 10.0 Å². The van der Waals surface area contributed by atoms with E-state index < -0.39 is 10.0 Å². The molecule has 0 aliphatic carbocycles. The normalized spacial score (nSPS) is 14.1. The van der Waals surface area contributed by atoms with Crippen molar-refractivity contribution < 1.29 is 17.9 Å². The van der Waals surface area contributed by atoms with Gasteiger partial charge in [0.15, 0.2) is 5.13 Å². The Bertz CT molecular complexity index is 1530. The van der Waals surface area contributed by atoms with E-state index in [2.05, 4.69) is 9.62 Å². The van der Waals surface area contributed by atoms with Gasteiger partial charge < -0.3 is 14.5 Å². The molecule has 1 N–H and O–H groups in total. The fourth-order valence-electron chi connectivity index (χ4n) is 4.27. The van der Waals surface area contributed by atoms with Gasteiger partial charge in [0.25, 0.3) is 15.9 Å². The van der Waals surface area contributed by atoms with E-state index in [1.807, 2.05) is 32.0 Å². The molecule has 1 saturated heterocycles. The number of fused-ring (bicyclic) bond motifs is 1. The number of aryl methyl sites for hydroxylation is 1. The molecule has 1 aliphatic heterocycles. The van der Waals surface area contributed by atoms with Crippen LogP contribution in [0.25, 0.3) is 10.2 Å². The van der Waals surface area contributed by atoms with Gasteiger partial charge in [0.05, 0.1) is 27.5 Å². The van der Waals surface area contributed by atoms with Crippen molar-refractivity contribution in [3.63, 3.8) is 0 Å². The molecule has 10 heteroatoms. The lowest BCUT2D eigenvalue weighted by molar-refractivity contribution is 0.0748. The van der Waals surface area contributed by atoms with Crippen LogP contribution in [0.4, 0.5) is 10.8 Å². The van der Waals surface area contributed by atoms with Crippen molar-refractivity contribution in [2.45, 2.75) is 18.7 Å². The minimum atomic E-state index is -3.83. The van der Waals surface area contributed by atoms with Crippen LogP contribution in [0.5, 0.6) is 5.75 Å². The molecule has 3 aromatic carbocycles. The number of para-hydroxylation sites is 2. The first-order valence-corrected chi connectivity index (χ1v) is 14.4. The summed E-state index contributed by atoms with van der Waals surface area (Å²) in [5.41, 5.74) is 2.42. The number of thiazole rings is 1. The van der Waals surface area contributed by atoms with Crippen LogP contribution in [-0.4, -0.2) is 57.0 Å². The Labute approximate surface area is 220 Å². The van der Waals surface area contributed by atoms with E-state index in [0.29, 0.717) is 38.3 Å². The van der Waals surface area contributed by atoms with Gasteiger partial charge in [-0.2, -0.15) is 0 Å². The average Bonchev–Trinajstić information content (AvgIpc) is 3.34. The number of piperazine rings is 1. The fraction of sp³-hybridized carbons (Fsp3) is 0.259. The molecule has 4 aromatic rings. The van der Waals surface area contributed by atoms with Crippen molar-refractivity contribution in [2.24, 2.45) is 0 Å². The van der Waals surface area contributed by atoms with Crippen molar-refractivity contribution in [1.82, 2.24) is 9.88 Å². The molecule has 1 amide bonds. The molecule has 2 heterocycles. The molecule has 1 aliphatic rings. The largest absolute Gasteiger partial charge is 0.492 e. The molecule has 192 valence electrons. The van der Waals surface area contributed by atoms with Crippen LogP contribution in [0, 0.1) is 6.92 Å². The highest BCUT2D eigenvalue weighted by Crippen LogP contribution is 2.34. The summed E-state index contributed by atoms with van der Waals surface area (Å²) in [5.74, 6) is 0.575. The molecular weight excluding hydrogens is 508 g/mol. The van der Waals surface area contributed by atoms with Crippen LogP contribution in [0.1, 0.15) is 22.8 Å². The highest BCUT2D eigenvalue weighted by atomic mass is 32.2. The summed E-state index contributed by atoms with van der Waals surface area (Å²) in [6, 6.07) is 19.3. The monoisotopic (exact) mass is 536 g/mol. The van der Waals surface area contributed by atoms with E-state index in [4.69, 9.17) is 9.72 Å². The number of anilines is 2. The molecule has 8 nitrogen and oxygen atoms in total. The third kappa shape index (κ3) is 5.26. The Morgan fingerprint density at radius 2 is 1.73 bits per heavy atom. The van der Waals surface area contributed by atoms with E-state index in [9.17, 15) is 13.2 Å². The first kappa shape index (κ1) is 25.0. The second-order valence-electron chi connectivity index (χ2n) is 8.78. The van der Waals surface area contributed by atoms with Gasteiger partial charge in [-0.3, -0.25) is 9.52 Å². The van der Waals surface area contributed by atoms with Crippen LogP contribution < -0.4 is 14.4 Å². The number of nitrogens with one attached hydrogen (secondary N) is 1. The zero-order valence-corrected chi connectivity index (χ0v) is 22.3. The van der Waals surface area contributed by atoms with Crippen molar-refractivity contribution in [2.75, 3.05) is 42.4 Å². The standard InChI is InChI=1S/C27H28N4O4S2/c1-3-35-23-9-6-10-24-25(23)28-27(36-24)31-17-15-30(16-18-31)26(32)21-7-4-5-8-22(21)29-37(33,34)20-13-11-19(2)12-14-20/h4-14,29H,3,15-18H2,1-2H3. The SMILES string of the molecule is CCOc1cccc2sc(N3CCN(C(=O)c4ccccc4NS(=O)(=O)c4ccc(C)cc4)CC3)nc12. The Morgan fingerprint density at radius 1 is 1.00 bits per heavy atom. The zero-order chi connectivity index (χ0) is 26.0. The summed E-state index contributed by atoms with van der Waals surface area (Å²) in [7, 11) is -3.83. The predicted molar refractivity (Wildman–Crippen MR) is 147 cm³/mol. The van der Waals surface area contributed by atoms with Gasteiger partial charge in [-0.1, -0.05) is 47.2 Å². The third-order valence-corrected chi connectivity index (χ3v) is 8.70. The van der Waals surface area contributed by atoms with Crippen molar-refractivity contribution >= 4 is 48.3 Å². The van der Waals surface area contributed by atoms with Gasteiger partial charge in [-0.25, -0.2) is 13.4 Å². The highest BCUT2D eigenvalue weighted by Gasteiger charge is 2.27. The van der Waals surface area contributed by atoms with Crippen molar-refractivity contribution in [1.29, 1.82) is 0 Å². The first-order chi connectivity index (χ1) is 17.9. The number of sulfonamides is 1. The van der Waals surface area contributed by atoms with Gasteiger partial charge in [-0.05, 0) is 50.2 Å². The fourth-order valence-corrected chi connectivity index (χ4v) is 6.38. The predicted octanol–water partition coefficient (Wildman–Crippen LogP) is 4.77. The zero-order valence-electron chi connectivity index (χ0n) is 20.7. The van der Waals surface area contributed by atoms with E-state index in [-0.39, 0.29) is 16.5 Å². The molecule has 0 atom stereocenters. The lowest BCUT2D eigenvalue weighted by Crippen LogP contribution is -2.48. The number of carbonyl (C=O) groups excluding carboxylic acids is 1. The number of rotatable bonds is 7. The molecule has 0 saturated carbocycles.